The first kappa shape index (κ1) is 12.6. The number of nitrogens with zero attached hydrogens (tertiary/aromatic N) is 4. The largest absolute Gasteiger partial charge is 0.326 e. The Bertz CT molecular complexity index is 549. The van der Waals surface area contributed by atoms with E-state index >= 15 is 0 Å². The molecular formula is C12H16FN5. The molecule has 0 radical (unpaired) electrons. The first-order valence-electron chi connectivity index (χ1n) is 5.99. The lowest BCUT2D eigenvalue weighted by Gasteiger charge is -2.07. The summed E-state index contributed by atoms with van der Waals surface area (Å²) in [4.78, 5) is 8.38. The standard InChI is InChI=1S/C12H16FN5/c1-3-9-16-10(4-2)18(17-9)12-11(13)8(7-14)5-6-15-12/h5-6H,3-4,7,14H2,1-2H3. The molecule has 0 aromatic carbocycles. The first-order chi connectivity index (χ1) is 8.71. The maximum atomic E-state index is 14.2. The topological polar surface area (TPSA) is 69.6 Å². The maximum absolute atomic E-state index is 14.2. The molecule has 0 atom stereocenters. The van der Waals surface area contributed by atoms with E-state index in [0.717, 1.165) is 0 Å². The molecule has 2 heterocycles. The monoisotopic (exact) mass is 249 g/mol. The number of aromatic nitrogens is 4. The van der Waals surface area contributed by atoms with E-state index in [9.17, 15) is 4.39 Å². The first-order valence-corrected chi connectivity index (χ1v) is 5.99. The van der Waals surface area contributed by atoms with E-state index in [1.807, 2.05) is 13.8 Å². The van der Waals surface area contributed by atoms with Crippen molar-refractivity contribution in [2.45, 2.75) is 33.2 Å². The van der Waals surface area contributed by atoms with E-state index in [0.29, 0.717) is 30.1 Å². The molecule has 2 N–H and O–H groups in total. The summed E-state index contributed by atoms with van der Waals surface area (Å²) in [6.07, 6.45) is 2.91. The van der Waals surface area contributed by atoms with E-state index in [1.165, 1.54) is 10.9 Å². The number of aryl methyl sites for hydroxylation is 2. The van der Waals surface area contributed by atoms with Gasteiger partial charge in [-0.1, -0.05) is 13.8 Å². The Kier molecular flexibility index (Phi) is 3.66. The van der Waals surface area contributed by atoms with Gasteiger partial charge in [0.05, 0.1) is 0 Å². The Morgan fingerprint density at radius 3 is 2.72 bits per heavy atom. The fourth-order valence-electron chi connectivity index (χ4n) is 1.72. The second kappa shape index (κ2) is 5.22. The highest BCUT2D eigenvalue weighted by atomic mass is 19.1. The van der Waals surface area contributed by atoms with Gasteiger partial charge in [0.15, 0.2) is 17.5 Å². The van der Waals surface area contributed by atoms with Crippen LogP contribution in [-0.2, 0) is 19.4 Å². The Morgan fingerprint density at radius 2 is 2.11 bits per heavy atom. The summed E-state index contributed by atoms with van der Waals surface area (Å²) in [5.41, 5.74) is 5.91. The predicted octanol–water partition coefficient (Wildman–Crippen LogP) is 1.38. The summed E-state index contributed by atoms with van der Waals surface area (Å²) in [7, 11) is 0. The SMILES string of the molecule is CCc1nc(CC)n(-c2nccc(CN)c2F)n1. The molecule has 2 aromatic heterocycles. The second-order valence-electron chi connectivity index (χ2n) is 3.87. The molecule has 2 rings (SSSR count). The molecule has 0 fully saturated rings. The van der Waals surface area contributed by atoms with Gasteiger partial charge in [-0.05, 0) is 6.07 Å². The van der Waals surface area contributed by atoms with Gasteiger partial charge in [0.25, 0.3) is 0 Å². The van der Waals surface area contributed by atoms with Gasteiger partial charge in [-0.3, -0.25) is 0 Å². The molecule has 96 valence electrons. The van der Waals surface area contributed by atoms with Gasteiger partial charge in [0.2, 0.25) is 0 Å². The number of rotatable bonds is 4. The minimum Gasteiger partial charge on any atom is -0.326 e. The van der Waals surface area contributed by atoms with Gasteiger partial charge in [-0.2, -0.15) is 4.68 Å². The number of halogens is 1. The molecule has 2 aromatic rings. The van der Waals surface area contributed by atoms with E-state index in [-0.39, 0.29) is 12.4 Å². The van der Waals surface area contributed by atoms with Crippen molar-refractivity contribution in [1.29, 1.82) is 0 Å². The molecule has 0 spiro atoms. The lowest BCUT2D eigenvalue weighted by molar-refractivity contribution is 0.579. The van der Waals surface area contributed by atoms with E-state index in [1.54, 1.807) is 6.07 Å². The third kappa shape index (κ3) is 2.11. The third-order valence-electron chi connectivity index (χ3n) is 2.72. The summed E-state index contributed by atoms with van der Waals surface area (Å²) >= 11 is 0. The minimum absolute atomic E-state index is 0.137. The highest BCUT2D eigenvalue weighted by molar-refractivity contribution is 5.30. The Labute approximate surface area is 105 Å². The number of pyridine rings is 1. The van der Waals surface area contributed by atoms with E-state index < -0.39 is 5.82 Å². The number of nitrogens with two attached hydrogens (primary N) is 1. The predicted molar refractivity (Wildman–Crippen MR) is 65.8 cm³/mol. The molecule has 0 bridgehead atoms. The zero-order chi connectivity index (χ0) is 13.1. The lowest BCUT2D eigenvalue weighted by atomic mass is 10.2. The quantitative estimate of drug-likeness (QED) is 0.888. The van der Waals surface area contributed by atoms with Crippen molar-refractivity contribution in [3.63, 3.8) is 0 Å². The normalized spacial score (nSPS) is 10.9. The average Bonchev–Trinajstić information content (AvgIpc) is 2.82. The van der Waals surface area contributed by atoms with Gasteiger partial charge >= 0.3 is 0 Å². The third-order valence-corrected chi connectivity index (χ3v) is 2.72. The van der Waals surface area contributed by atoms with Crippen LogP contribution in [0.4, 0.5) is 4.39 Å². The lowest BCUT2D eigenvalue weighted by Crippen LogP contribution is -2.10. The molecule has 18 heavy (non-hydrogen) atoms. The van der Waals surface area contributed by atoms with Crippen LogP contribution in [0, 0.1) is 5.82 Å². The zero-order valence-corrected chi connectivity index (χ0v) is 10.5. The van der Waals surface area contributed by atoms with Crippen LogP contribution in [0.1, 0.15) is 31.1 Å². The van der Waals surface area contributed by atoms with Crippen molar-refractivity contribution in [3.05, 3.63) is 35.3 Å². The molecule has 0 aliphatic carbocycles. The van der Waals surface area contributed by atoms with Gasteiger partial charge in [-0.25, -0.2) is 14.4 Å². The highest BCUT2D eigenvalue weighted by Gasteiger charge is 2.16. The summed E-state index contributed by atoms with van der Waals surface area (Å²) < 4.78 is 15.6. The molecule has 6 heteroatoms. The van der Waals surface area contributed by atoms with Crippen LogP contribution in [0.15, 0.2) is 12.3 Å². The van der Waals surface area contributed by atoms with Crippen molar-refractivity contribution in [1.82, 2.24) is 19.7 Å². The molecule has 0 amide bonds. The van der Waals surface area contributed by atoms with Crippen LogP contribution in [0.25, 0.3) is 5.82 Å². The van der Waals surface area contributed by atoms with Crippen LogP contribution in [-0.4, -0.2) is 19.7 Å². The molecule has 0 saturated carbocycles. The van der Waals surface area contributed by atoms with Crippen molar-refractivity contribution >= 4 is 0 Å². The highest BCUT2D eigenvalue weighted by Crippen LogP contribution is 2.15. The van der Waals surface area contributed by atoms with Crippen LogP contribution >= 0.6 is 0 Å². The van der Waals surface area contributed by atoms with Crippen LogP contribution in [0.2, 0.25) is 0 Å². The zero-order valence-electron chi connectivity index (χ0n) is 10.5. The molecule has 0 saturated heterocycles. The summed E-state index contributed by atoms with van der Waals surface area (Å²) in [5.74, 6) is 1.13. The number of hydrogen-bond acceptors (Lipinski definition) is 4. The van der Waals surface area contributed by atoms with Crippen molar-refractivity contribution in [2.75, 3.05) is 0 Å². The average molecular weight is 249 g/mol. The maximum Gasteiger partial charge on any atom is 0.191 e. The minimum atomic E-state index is -0.428. The van der Waals surface area contributed by atoms with E-state index in [2.05, 4.69) is 15.1 Å². The smallest absolute Gasteiger partial charge is 0.191 e. The number of hydrogen-bond donors (Lipinski definition) is 1. The van der Waals surface area contributed by atoms with Gasteiger partial charge in [0, 0.05) is 31.1 Å². The fourth-order valence-corrected chi connectivity index (χ4v) is 1.72. The van der Waals surface area contributed by atoms with Crippen LogP contribution in [0.5, 0.6) is 0 Å². The summed E-state index contributed by atoms with van der Waals surface area (Å²) in [5, 5.41) is 4.27. The Hall–Kier alpha value is -1.82. The fraction of sp³-hybridized carbons (Fsp3) is 0.417. The van der Waals surface area contributed by atoms with E-state index in [4.69, 9.17) is 5.73 Å². The summed E-state index contributed by atoms with van der Waals surface area (Å²) in [6.45, 7) is 4.04. The molecule has 0 aliphatic rings. The molecule has 0 unspecified atom stereocenters. The van der Waals surface area contributed by atoms with Crippen LogP contribution in [0.3, 0.4) is 0 Å². The van der Waals surface area contributed by atoms with Gasteiger partial charge < -0.3 is 5.73 Å². The van der Waals surface area contributed by atoms with Crippen molar-refractivity contribution in [2.24, 2.45) is 5.73 Å². The van der Waals surface area contributed by atoms with Gasteiger partial charge in [-0.15, -0.1) is 5.10 Å². The Balaban J connectivity index is 2.57. The van der Waals surface area contributed by atoms with Crippen molar-refractivity contribution < 1.29 is 4.39 Å². The second-order valence-corrected chi connectivity index (χ2v) is 3.87. The van der Waals surface area contributed by atoms with Gasteiger partial charge in [0.1, 0.15) is 5.82 Å². The van der Waals surface area contributed by atoms with Crippen molar-refractivity contribution in [3.8, 4) is 5.82 Å². The summed E-state index contributed by atoms with van der Waals surface area (Å²) in [6, 6.07) is 1.57. The van der Waals surface area contributed by atoms with Crippen LogP contribution < -0.4 is 5.73 Å². The Morgan fingerprint density at radius 1 is 1.33 bits per heavy atom. The molecular weight excluding hydrogens is 233 g/mol. The molecule has 5 nitrogen and oxygen atoms in total. The molecule has 0 aliphatic heterocycles.